The van der Waals surface area contributed by atoms with Gasteiger partial charge in [0.15, 0.2) is 6.61 Å². The van der Waals surface area contributed by atoms with Gasteiger partial charge in [0.25, 0.3) is 5.91 Å². The molecule has 2 aromatic carbocycles. The van der Waals surface area contributed by atoms with Crippen molar-refractivity contribution in [1.82, 2.24) is 4.31 Å². The molecule has 1 N–H and O–H groups in total. The van der Waals surface area contributed by atoms with Crippen molar-refractivity contribution in [2.24, 2.45) is 0 Å². The van der Waals surface area contributed by atoms with Gasteiger partial charge < -0.3 is 14.7 Å². The number of carbonyl (C=O) groups excluding carboxylic acids is 2. The lowest BCUT2D eigenvalue weighted by molar-refractivity contribution is -0.151. The van der Waals surface area contributed by atoms with Crippen LogP contribution in [0.15, 0.2) is 47.4 Å². The van der Waals surface area contributed by atoms with E-state index in [-0.39, 0.29) is 30.8 Å². The Morgan fingerprint density at radius 1 is 1.14 bits per heavy atom. The fraction of sp³-hybridized carbons (Fsp3) is 0.400. The number of hydrogen-bond donors (Lipinski definition) is 1. The lowest BCUT2D eigenvalue weighted by Gasteiger charge is -2.24. The van der Waals surface area contributed by atoms with E-state index < -0.39 is 40.7 Å². The van der Waals surface area contributed by atoms with E-state index in [2.05, 4.69) is 0 Å². The Hall–Kier alpha value is -3.26. The van der Waals surface area contributed by atoms with E-state index in [1.807, 2.05) is 32.0 Å². The molecule has 1 heterocycles. The second-order valence-electron chi connectivity index (χ2n) is 8.62. The van der Waals surface area contributed by atoms with Crippen LogP contribution in [-0.2, 0) is 24.3 Å². The predicted octanol–water partition coefficient (Wildman–Crippen LogP) is 2.23. The van der Waals surface area contributed by atoms with Gasteiger partial charge in [-0.15, -0.1) is 0 Å². The highest BCUT2D eigenvalue weighted by Gasteiger charge is 2.44. The molecule has 0 bridgehead atoms. The zero-order chi connectivity index (χ0) is 25.8. The number of aryl methyl sites for hydroxylation is 3. The van der Waals surface area contributed by atoms with Gasteiger partial charge >= 0.3 is 5.97 Å². The van der Waals surface area contributed by atoms with Crippen molar-refractivity contribution in [2.45, 2.75) is 50.7 Å². The number of esters is 1. The normalized spacial score (nSPS) is 18.1. The Morgan fingerprint density at radius 3 is 2.46 bits per heavy atom. The molecular weight excluding hydrogens is 470 g/mol. The molecule has 1 saturated heterocycles. The van der Waals surface area contributed by atoms with Gasteiger partial charge in [0.05, 0.1) is 23.5 Å². The number of ether oxygens (including phenoxy) is 1. The van der Waals surface area contributed by atoms with Gasteiger partial charge in [0, 0.05) is 25.2 Å². The molecule has 2 aromatic rings. The van der Waals surface area contributed by atoms with E-state index >= 15 is 0 Å². The smallest absolute Gasteiger partial charge is 0.325 e. The summed E-state index contributed by atoms with van der Waals surface area (Å²) in [6, 6.07) is 12.5. The lowest BCUT2D eigenvalue weighted by Crippen LogP contribution is -2.43. The van der Waals surface area contributed by atoms with Crippen LogP contribution in [0.4, 0.5) is 5.69 Å². The van der Waals surface area contributed by atoms with Crippen LogP contribution in [0.5, 0.6) is 0 Å². The minimum Gasteiger partial charge on any atom is -0.454 e. The van der Waals surface area contributed by atoms with Crippen molar-refractivity contribution in [1.29, 1.82) is 5.26 Å². The van der Waals surface area contributed by atoms with E-state index in [0.717, 1.165) is 21.0 Å². The van der Waals surface area contributed by atoms with Gasteiger partial charge in [-0.25, -0.2) is 8.42 Å². The van der Waals surface area contributed by atoms with E-state index in [1.54, 1.807) is 25.1 Å². The van der Waals surface area contributed by atoms with E-state index in [0.29, 0.717) is 5.69 Å². The fourth-order valence-electron chi connectivity index (χ4n) is 3.87. The highest BCUT2D eigenvalue weighted by atomic mass is 32.2. The summed E-state index contributed by atoms with van der Waals surface area (Å²) in [5.74, 6) is -1.45. The summed E-state index contributed by atoms with van der Waals surface area (Å²) in [6.07, 6.45) is -1.08. The van der Waals surface area contributed by atoms with Crippen LogP contribution in [0.3, 0.4) is 0 Å². The Kier molecular flexibility index (Phi) is 8.27. The summed E-state index contributed by atoms with van der Waals surface area (Å²) >= 11 is 0. The molecule has 1 aliphatic heterocycles. The summed E-state index contributed by atoms with van der Waals surface area (Å²) < 4.78 is 32.6. The quantitative estimate of drug-likeness (QED) is 0.552. The van der Waals surface area contributed by atoms with Crippen molar-refractivity contribution >= 4 is 27.6 Å². The molecular formula is C25H29N3O6S. The van der Waals surface area contributed by atoms with E-state index in [1.165, 1.54) is 17.0 Å². The highest BCUT2D eigenvalue weighted by molar-refractivity contribution is 7.89. The Labute approximate surface area is 205 Å². The first-order chi connectivity index (χ1) is 16.5. The van der Waals surface area contributed by atoms with Crippen LogP contribution >= 0.6 is 0 Å². The Bertz CT molecular complexity index is 1240. The monoisotopic (exact) mass is 499 g/mol. The van der Waals surface area contributed by atoms with E-state index in [9.17, 15) is 23.1 Å². The number of nitriles is 1. The van der Waals surface area contributed by atoms with Crippen LogP contribution in [0.25, 0.3) is 0 Å². The number of nitrogens with zero attached hydrogens (tertiary/aromatic N) is 3. The molecule has 35 heavy (non-hydrogen) atoms. The predicted molar refractivity (Wildman–Crippen MR) is 129 cm³/mol. The van der Waals surface area contributed by atoms with Crippen molar-refractivity contribution in [3.8, 4) is 6.07 Å². The Balaban J connectivity index is 1.74. The third-order valence-electron chi connectivity index (χ3n) is 6.02. The second kappa shape index (κ2) is 11.0. The van der Waals surface area contributed by atoms with E-state index in [4.69, 9.17) is 10.00 Å². The van der Waals surface area contributed by atoms with Gasteiger partial charge in [-0.1, -0.05) is 23.8 Å². The first-order valence-corrected chi connectivity index (χ1v) is 12.7. The number of aliphatic hydroxyl groups excluding tert-OH is 1. The third kappa shape index (κ3) is 6.06. The van der Waals surface area contributed by atoms with Crippen LogP contribution in [0.1, 0.15) is 29.5 Å². The number of β-amino-alcohol motifs (C(OH)–C–C–N with tert-alkyl or cyclic N) is 1. The molecule has 0 saturated carbocycles. The van der Waals surface area contributed by atoms with Gasteiger partial charge in [0.1, 0.15) is 6.04 Å². The number of carbonyl (C=O) groups is 2. The molecule has 0 spiro atoms. The standard InChI is InChI=1S/C25H29N3O6S/c1-17-5-8-20(9-6-17)27(12-4-11-26)24(30)16-34-25(31)23-14-21(29)15-28(23)35(32,33)22-10-7-18(2)19(3)13-22/h5-10,13,21,23,29H,4,12,14-16H2,1-3H3. The molecule has 3 rings (SSSR count). The minimum atomic E-state index is -4.08. The highest BCUT2D eigenvalue weighted by Crippen LogP contribution is 2.28. The fourth-order valence-corrected chi connectivity index (χ4v) is 5.58. The molecule has 0 aliphatic carbocycles. The average molecular weight is 500 g/mol. The second-order valence-corrected chi connectivity index (χ2v) is 10.5. The molecule has 1 amide bonds. The molecule has 0 aromatic heterocycles. The van der Waals surface area contributed by atoms with Crippen molar-refractivity contribution in [3.05, 3.63) is 59.2 Å². The summed E-state index contributed by atoms with van der Waals surface area (Å²) in [7, 11) is -4.08. The molecule has 2 unspecified atom stereocenters. The van der Waals surface area contributed by atoms with Gasteiger partial charge in [-0.3, -0.25) is 9.59 Å². The topological polar surface area (TPSA) is 128 Å². The maximum absolute atomic E-state index is 13.2. The third-order valence-corrected chi connectivity index (χ3v) is 7.89. The molecule has 2 atom stereocenters. The zero-order valence-electron chi connectivity index (χ0n) is 20.0. The summed E-state index contributed by atoms with van der Waals surface area (Å²) in [4.78, 5) is 27.1. The number of anilines is 1. The first-order valence-electron chi connectivity index (χ1n) is 11.2. The molecule has 1 aliphatic rings. The van der Waals surface area contributed by atoms with Gasteiger partial charge in [-0.05, 0) is 56.2 Å². The average Bonchev–Trinajstić information content (AvgIpc) is 3.23. The van der Waals surface area contributed by atoms with Crippen LogP contribution in [0.2, 0.25) is 0 Å². The van der Waals surface area contributed by atoms with Crippen molar-refractivity contribution in [2.75, 3.05) is 24.6 Å². The zero-order valence-corrected chi connectivity index (χ0v) is 20.8. The Morgan fingerprint density at radius 2 is 1.83 bits per heavy atom. The van der Waals surface area contributed by atoms with Crippen LogP contribution in [0, 0.1) is 32.1 Å². The SMILES string of the molecule is Cc1ccc(N(CCC#N)C(=O)COC(=O)C2CC(O)CN2S(=O)(=O)c2ccc(C)c(C)c2)cc1. The summed E-state index contributed by atoms with van der Waals surface area (Å²) in [5, 5.41) is 19.1. The molecule has 9 nitrogen and oxygen atoms in total. The van der Waals surface area contributed by atoms with Crippen molar-refractivity contribution in [3.63, 3.8) is 0 Å². The number of amides is 1. The summed E-state index contributed by atoms with van der Waals surface area (Å²) in [6.45, 7) is 4.80. The lowest BCUT2D eigenvalue weighted by atomic mass is 10.1. The maximum Gasteiger partial charge on any atom is 0.325 e. The molecule has 10 heteroatoms. The summed E-state index contributed by atoms with van der Waals surface area (Å²) in [5.41, 5.74) is 3.26. The van der Waals surface area contributed by atoms with Gasteiger partial charge in [-0.2, -0.15) is 9.57 Å². The van der Waals surface area contributed by atoms with Crippen LogP contribution in [-0.4, -0.2) is 61.5 Å². The number of aliphatic hydroxyl groups is 1. The number of rotatable bonds is 8. The first kappa shape index (κ1) is 26.3. The number of hydrogen-bond acceptors (Lipinski definition) is 7. The number of benzene rings is 2. The largest absolute Gasteiger partial charge is 0.454 e. The maximum atomic E-state index is 13.2. The molecule has 186 valence electrons. The minimum absolute atomic E-state index is 0.0191. The molecule has 1 fully saturated rings. The number of sulfonamides is 1. The van der Waals surface area contributed by atoms with Gasteiger partial charge in [0.2, 0.25) is 10.0 Å². The molecule has 0 radical (unpaired) electrons. The van der Waals surface area contributed by atoms with Crippen LogP contribution < -0.4 is 4.90 Å². The van der Waals surface area contributed by atoms with Crippen molar-refractivity contribution < 1.29 is 27.9 Å².